The minimum atomic E-state index is 0.308. The first-order valence-corrected chi connectivity index (χ1v) is 4.37. The summed E-state index contributed by atoms with van der Waals surface area (Å²) in [7, 11) is 0. The lowest BCUT2D eigenvalue weighted by molar-refractivity contribution is 0.616. The van der Waals surface area contributed by atoms with E-state index in [-0.39, 0.29) is 0 Å². The molecule has 6 aliphatic rings. The third-order valence-corrected chi connectivity index (χ3v) is 2.71. The van der Waals surface area contributed by atoms with Crippen molar-refractivity contribution < 1.29 is 0 Å². The first kappa shape index (κ1) is 6.35. The normalized spacial score (nSPS) is 46.7. The lowest BCUT2D eigenvalue weighted by Gasteiger charge is -2.29. The van der Waals surface area contributed by atoms with Crippen molar-refractivity contribution in [2.24, 2.45) is 21.8 Å². The van der Waals surface area contributed by atoms with Crippen molar-refractivity contribution in [3.05, 3.63) is 24.3 Å². The van der Waals surface area contributed by atoms with Gasteiger partial charge in [0.05, 0.1) is 12.1 Å². The van der Waals surface area contributed by atoms with Gasteiger partial charge in [-0.25, -0.2) is 0 Å². The molecule has 0 radical (unpaired) electrons. The van der Waals surface area contributed by atoms with E-state index in [0.29, 0.717) is 23.9 Å². The lowest BCUT2D eigenvalue weighted by atomic mass is 9.86. The summed E-state index contributed by atoms with van der Waals surface area (Å²) in [5, 5.41) is 0. The van der Waals surface area contributed by atoms with E-state index in [4.69, 9.17) is 0 Å². The molecule has 4 unspecified atom stereocenters. The predicted octanol–water partition coefficient (Wildman–Crippen LogP) is 1.25. The van der Waals surface area contributed by atoms with Crippen molar-refractivity contribution in [2.75, 3.05) is 0 Å². The summed E-state index contributed by atoms with van der Waals surface area (Å²) in [4.78, 5) is 8.96. The molecule has 0 amide bonds. The molecule has 4 bridgehead atoms. The molecule has 4 atom stereocenters. The van der Waals surface area contributed by atoms with Gasteiger partial charge in [-0.15, -0.1) is 0 Å². The summed E-state index contributed by atoms with van der Waals surface area (Å²) in [5.41, 5.74) is 0. The first-order chi connectivity index (χ1) is 5.93. The van der Waals surface area contributed by atoms with Crippen molar-refractivity contribution >= 4 is 12.4 Å². The van der Waals surface area contributed by atoms with Gasteiger partial charge >= 0.3 is 0 Å². The van der Waals surface area contributed by atoms with Gasteiger partial charge in [0.15, 0.2) is 0 Å². The number of aliphatic imine (C=N–C) groups is 2. The standard InChI is InChI=1S/C10H10N2/c1-3-9-8-2-4-10(12-6-8)7(1)5-11-9/h1-10H. The molecular weight excluding hydrogens is 148 g/mol. The van der Waals surface area contributed by atoms with E-state index in [2.05, 4.69) is 34.3 Å². The predicted molar refractivity (Wildman–Crippen MR) is 49.8 cm³/mol. The van der Waals surface area contributed by atoms with Gasteiger partial charge in [0, 0.05) is 24.3 Å². The maximum Gasteiger partial charge on any atom is 0.0788 e. The van der Waals surface area contributed by atoms with E-state index in [1.165, 1.54) is 0 Å². The first-order valence-electron chi connectivity index (χ1n) is 4.37. The van der Waals surface area contributed by atoms with Gasteiger partial charge in [-0.1, -0.05) is 24.3 Å². The maximum absolute atomic E-state index is 4.48. The van der Waals surface area contributed by atoms with Crippen LogP contribution in [0.4, 0.5) is 0 Å². The Balaban J connectivity index is 2.12. The topological polar surface area (TPSA) is 24.7 Å². The molecule has 0 aromatic heterocycles. The summed E-state index contributed by atoms with van der Waals surface area (Å²) < 4.78 is 0. The largest absolute Gasteiger partial charge is 0.288 e. The monoisotopic (exact) mass is 158 g/mol. The fraction of sp³-hybridized carbons (Fsp3) is 0.400. The SMILES string of the molecule is C1=CC2N=CC1C1C=CC2C=N1. The molecule has 0 fully saturated rings. The molecule has 2 nitrogen and oxygen atoms in total. The highest BCUT2D eigenvalue weighted by molar-refractivity contribution is 5.75. The van der Waals surface area contributed by atoms with E-state index in [9.17, 15) is 0 Å². The van der Waals surface area contributed by atoms with Crippen LogP contribution in [0.1, 0.15) is 0 Å². The van der Waals surface area contributed by atoms with Gasteiger partial charge in [-0.05, 0) is 0 Å². The van der Waals surface area contributed by atoms with Crippen LogP contribution in [0.2, 0.25) is 0 Å². The van der Waals surface area contributed by atoms with Gasteiger partial charge < -0.3 is 0 Å². The van der Waals surface area contributed by atoms with Crippen molar-refractivity contribution in [1.82, 2.24) is 0 Å². The molecule has 0 N–H and O–H groups in total. The maximum atomic E-state index is 4.48. The molecule has 6 rings (SSSR count). The Morgan fingerprint density at radius 1 is 0.667 bits per heavy atom. The Hall–Kier alpha value is -1.18. The smallest absolute Gasteiger partial charge is 0.0788 e. The van der Waals surface area contributed by atoms with Crippen LogP contribution in [0.15, 0.2) is 34.3 Å². The highest BCUT2D eigenvalue weighted by Crippen LogP contribution is 2.26. The van der Waals surface area contributed by atoms with Crippen LogP contribution >= 0.6 is 0 Å². The van der Waals surface area contributed by atoms with Crippen LogP contribution in [0.25, 0.3) is 0 Å². The van der Waals surface area contributed by atoms with Crippen molar-refractivity contribution in [1.29, 1.82) is 0 Å². The Kier molecular flexibility index (Phi) is 1.14. The van der Waals surface area contributed by atoms with E-state index in [1.807, 2.05) is 12.4 Å². The second kappa shape index (κ2) is 2.16. The molecular formula is C10H10N2. The second-order valence-electron chi connectivity index (χ2n) is 3.50. The fourth-order valence-corrected chi connectivity index (χ4v) is 1.94. The molecule has 5 heterocycles. The second-order valence-corrected chi connectivity index (χ2v) is 3.50. The summed E-state index contributed by atoms with van der Waals surface area (Å²) in [5.74, 6) is 0.796. The van der Waals surface area contributed by atoms with Crippen LogP contribution < -0.4 is 0 Å². The minimum Gasteiger partial charge on any atom is -0.288 e. The summed E-state index contributed by atoms with van der Waals surface area (Å²) in [6, 6.07) is 0.616. The highest BCUT2D eigenvalue weighted by Gasteiger charge is 2.27. The molecule has 0 saturated heterocycles. The molecule has 0 aromatic rings. The van der Waals surface area contributed by atoms with Crippen LogP contribution in [-0.2, 0) is 0 Å². The zero-order valence-electron chi connectivity index (χ0n) is 6.67. The van der Waals surface area contributed by atoms with Gasteiger partial charge in [-0.3, -0.25) is 9.98 Å². The number of nitrogens with zero attached hydrogens (tertiary/aromatic N) is 2. The molecule has 2 heteroatoms. The molecule has 60 valence electrons. The van der Waals surface area contributed by atoms with E-state index < -0.39 is 0 Å². The summed E-state index contributed by atoms with van der Waals surface area (Å²) in [6.45, 7) is 0. The van der Waals surface area contributed by atoms with Crippen LogP contribution in [0.5, 0.6) is 0 Å². The zero-order valence-corrected chi connectivity index (χ0v) is 6.67. The van der Waals surface area contributed by atoms with E-state index in [0.717, 1.165) is 0 Å². The van der Waals surface area contributed by atoms with Crippen molar-refractivity contribution in [2.45, 2.75) is 12.1 Å². The molecule has 0 aromatic carbocycles. The van der Waals surface area contributed by atoms with Gasteiger partial charge in [0.25, 0.3) is 0 Å². The Labute approximate surface area is 71.4 Å². The molecule has 5 aliphatic heterocycles. The third kappa shape index (κ3) is 0.750. The molecule has 0 spiro atoms. The van der Waals surface area contributed by atoms with Crippen LogP contribution in [-0.4, -0.2) is 24.5 Å². The van der Waals surface area contributed by atoms with Gasteiger partial charge in [-0.2, -0.15) is 0 Å². The molecule has 1 aliphatic carbocycles. The Bertz CT molecular complexity index is 224. The minimum absolute atomic E-state index is 0.308. The quantitative estimate of drug-likeness (QED) is 0.474. The Morgan fingerprint density at radius 3 is 1.50 bits per heavy atom. The van der Waals surface area contributed by atoms with Crippen LogP contribution in [0, 0.1) is 11.8 Å². The number of hydrogen-bond acceptors (Lipinski definition) is 2. The summed E-state index contributed by atoms with van der Waals surface area (Å²) in [6.07, 6.45) is 13.0. The third-order valence-electron chi connectivity index (χ3n) is 2.71. The summed E-state index contributed by atoms with van der Waals surface area (Å²) >= 11 is 0. The van der Waals surface area contributed by atoms with Gasteiger partial charge in [0.1, 0.15) is 0 Å². The average molecular weight is 158 g/mol. The molecule has 0 saturated carbocycles. The fourth-order valence-electron chi connectivity index (χ4n) is 1.94. The van der Waals surface area contributed by atoms with Crippen molar-refractivity contribution in [3.63, 3.8) is 0 Å². The molecule has 12 heavy (non-hydrogen) atoms. The zero-order chi connectivity index (χ0) is 7.97. The number of rotatable bonds is 0. The highest BCUT2D eigenvalue weighted by atomic mass is 14.9. The van der Waals surface area contributed by atoms with Gasteiger partial charge in [0.2, 0.25) is 0 Å². The van der Waals surface area contributed by atoms with Crippen LogP contribution in [0.3, 0.4) is 0 Å². The van der Waals surface area contributed by atoms with E-state index in [1.54, 1.807) is 0 Å². The van der Waals surface area contributed by atoms with Crippen molar-refractivity contribution in [3.8, 4) is 0 Å². The average Bonchev–Trinajstić information content (AvgIpc) is 2.13. The Morgan fingerprint density at radius 2 is 1.17 bits per heavy atom. The lowest BCUT2D eigenvalue weighted by Crippen LogP contribution is -2.32. The van der Waals surface area contributed by atoms with E-state index >= 15 is 0 Å². The number of dihydropyridines is 2. The number of hydrogen-bond donors (Lipinski definition) is 0.